The number of carboxylic acid groups (broad SMARTS) is 1. The van der Waals surface area contributed by atoms with Crippen molar-refractivity contribution < 1.29 is 19.7 Å². The molecule has 2 aromatic rings. The van der Waals surface area contributed by atoms with Crippen LogP contribution >= 0.6 is 11.6 Å². The molecule has 0 aliphatic heterocycles. The number of aliphatic hydroxyl groups excluding tert-OH is 1. The summed E-state index contributed by atoms with van der Waals surface area (Å²) >= 11 is 6.13. The summed E-state index contributed by atoms with van der Waals surface area (Å²) in [6.45, 7) is 4.94. The van der Waals surface area contributed by atoms with Crippen molar-refractivity contribution in [2.45, 2.75) is 57.6 Å². The predicted molar refractivity (Wildman–Crippen MR) is 123 cm³/mol. The van der Waals surface area contributed by atoms with E-state index in [0.717, 1.165) is 24.8 Å². The van der Waals surface area contributed by atoms with Crippen molar-refractivity contribution in [1.82, 2.24) is 5.32 Å². The largest absolute Gasteiger partial charge is 0.491 e. The van der Waals surface area contributed by atoms with Gasteiger partial charge in [-0.15, -0.1) is 0 Å². The molecule has 0 bridgehead atoms. The number of aliphatic carboxylic acids is 1. The van der Waals surface area contributed by atoms with Crippen LogP contribution in [-0.2, 0) is 24.1 Å². The molecule has 0 fully saturated rings. The molecular formula is C25H32ClNO4. The van der Waals surface area contributed by atoms with Crippen LogP contribution < -0.4 is 10.1 Å². The number of ether oxygens (including phenoxy) is 1. The smallest absolute Gasteiger partial charge is 0.303 e. The van der Waals surface area contributed by atoms with Gasteiger partial charge in [0.05, 0.1) is 0 Å². The van der Waals surface area contributed by atoms with Crippen LogP contribution in [0, 0.1) is 5.92 Å². The summed E-state index contributed by atoms with van der Waals surface area (Å²) in [6, 6.07) is 13.8. The summed E-state index contributed by atoms with van der Waals surface area (Å²) in [5, 5.41) is 23.2. The van der Waals surface area contributed by atoms with E-state index in [1.165, 1.54) is 11.1 Å². The summed E-state index contributed by atoms with van der Waals surface area (Å²) in [5.41, 5.74) is 3.57. The molecule has 1 unspecified atom stereocenters. The lowest BCUT2D eigenvalue weighted by Crippen LogP contribution is -2.46. The Labute approximate surface area is 189 Å². The van der Waals surface area contributed by atoms with Crippen molar-refractivity contribution in [3.8, 4) is 5.75 Å². The van der Waals surface area contributed by atoms with Crippen LogP contribution in [0.15, 0.2) is 42.5 Å². The zero-order valence-corrected chi connectivity index (χ0v) is 19.0. The third kappa shape index (κ3) is 7.23. The van der Waals surface area contributed by atoms with E-state index in [4.69, 9.17) is 21.4 Å². The molecule has 168 valence electrons. The van der Waals surface area contributed by atoms with Gasteiger partial charge in [-0.1, -0.05) is 35.9 Å². The number of rotatable bonds is 11. The number of fused-ring (bicyclic) bond motifs is 1. The molecule has 0 amide bonds. The second kappa shape index (κ2) is 10.5. The second-order valence-electron chi connectivity index (χ2n) is 9.12. The molecule has 1 aliphatic carbocycles. The van der Waals surface area contributed by atoms with E-state index in [-0.39, 0.29) is 18.6 Å². The molecule has 0 saturated heterocycles. The van der Waals surface area contributed by atoms with Crippen molar-refractivity contribution in [3.63, 3.8) is 0 Å². The van der Waals surface area contributed by atoms with Gasteiger partial charge in [-0.05, 0) is 80.3 Å². The molecule has 3 rings (SSSR count). The van der Waals surface area contributed by atoms with Crippen molar-refractivity contribution in [2.24, 2.45) is 5.92 Å². The maximum Gasteiger partial charge on any atom is 0.303 e. The van der Waals surface area contributed by atoms with Gasteiger partial charge in [-0.25, -0.2) is 0 Å². The normalized spacial score (nSPS) is 15.0. The van der Waals surface area contributed by atoms with E-state index in [1.54, 1.807) is 18.2 Å². The Balaban J connectivity index is 1.43. The minimum Gasteiger partial charge on any atom is -0.491 e. The number of β-amino-alcohol motifs (C(OH)–C–C–N with tert-alkyl or cyclic N) is 1. The molecule has 31 heavy (non-hydrogen) atoms. The number of halogens is 1. The first-order valence-electron chi connectivity index (χ1n) is 10.8. The van der Waals surface area contributed by atoms with Gasteiger partial charge >= 0.3 is 5.97 Å². The van der Waals surface area contributed by atoms with Crippen molar-refractivity contribution in [2.75, 3.05) is 13.2 Å². The highest BCUT2D eigenvalue weighted by Crippen LogP contribution is 2.32. The molecule has 1 aliphatic rings. The van der Waals surface area contributed by atoms with Crippen molar-refractivity contribution in [3.05, 3.63) is 64.2 Å². The van der Waals surface area contributed by atoms with Gasteiger partial charge in [-0.3, -0.25) is 4.79 Å². The standard InChI is InChI=1S/C25H32ClNO4/c1-25(2,14-17-11-18-5-3-4-6-19(18)12-17)27-15-21(28)16-31-22-8-9-23(26)20(13-22)7-10-24(29)30/h3-6,8-9,13,17,21,27-28H,7,10-12,14-16H2,1-2H3,(H,29,30). The van der Waals surface area contributed by atoms with Gasteiger partial charge < -0.3 is 20.3 Å². The molecule has 3 N–H and O–H groups in total. The molecule has 1 atom stereocenters. The number of benzene rings is 2. The Bertz CT molecular complexity index is 874. The third-order valence-corrected chi connectivity index (χ3v) is 6.19. The Morgan fingerprint density at radius 1 is 1.23 bits per heavy atom. The lowest BCUT2D eigenvalue weighted by Gasteiger charge is -2.30. The first-order valence-corrected chi connectivity index (χ1v) is 11.2. The van der Waals surface area contributed by atoms with Crippen LogP contribution in [0.5, 0.6) is 5.75 Å². The monoisotopic (exact) mass is 445 g/mol. The molecule has 6 heteroatoms. The fraction of sp³-hybridized carbons (Fsp3) is 0.480. The molecule has 0 spiro atoms. The van der Waals surface area contributed by atoms with E-state index in [9.17, 15) is 9.90 Å². The topological polar surface area (TPSA) is 78.8 Å². The molecule has 0 aromatic heterocycles. The van der Waals surface area contributed by atoms with Gasteiger partial charge in [0.25, 0.3) is 0 Å². The summed E-state index contributed by atoms with van der Waals surface area (Å²) in [4.78, 5) is 10.8. The number of carboxylic acids is 1. The average Bonchev–Trinajstić information content (AvgIpc) is 3.12. The van der Waals surface area contributed by atoms with Gasteiger partial charge in [0.2, 0.25) is 0 Å². The second-order valence-corrected chi connectivity index (χ2v) is 9.53. The lowest BCUT2D eigenvalue weighted by molar-refractivity contribution is -0.136. The highest BCUT2D eigenvalue weighted by molar-refractivity contribution is 6.31. The predicted octanol–water partition coefficient (Wildman–Crippen LogP) is 4.27. The summed E-state index contributed by atoms with van der Waals surface area (Å²) < 4.78 is 5.72. The SMILES string of the molecule is CC(C)(CC1Cc2ccccc2C1)NCC(O)COc1ccc(Cl)c(CCC(=O)O)c1. The van der Waals surface area contributed by atoms with E-state index in [0.29, 0.717) is 29.7 Å². The average molecular weight is 446 g/mol. The van der Waals surface area contributed by atoms with Crippen LogP contribution in [0.25, 0.3) is 0 Å². The number of aryl methyl sites for hydroxylation is 1. The fourth-order valence-corrected chi connectivity index (χ4v) is 4.52. The zero-order chi connectivity index (χ0) is 22.4. The molecule has 0 radical (unpaired) electrons. The fourth-order valence-electron chi connectivity index (χ4n) is 4.31. The molecule has 0 heterocycles. The van der Waals surface area contributed by atoms with Crippen LogP contribution in [0.4, 0.5) is 0 Å². The molecule has 0 saturated carbocycles. The minimum absolute atomic E-state index is 0.0108. The number of hydrogen-bond donors (Lipinski definition) is 3. The number of hydrogen-bond acceptors (Lipinski definition) is 4. The summed E-state index contributed by atoms with van der Waals surface area (Å²) in [6.07, 6.45) is 2.98. The Hall–Kier alpha value is -2.08. The van der Waals surface area contributed by atoms with Crippen molar-refractivity contribution >= 4 is 17.6 Å². The van der Waals surface area contributed by atoms with Crippen LogP contribution in [0.2, 0.25) is 5.02 Å². The third-order valence-electron chi connectivity index (χ3n) is 5.82. The highest BCUT2D eigenvalue weighted by Gasteiger charge is 2.28. The lowest BCUT2D eigenvalue weighted by atomic mass is 9.88. The van der Waals surface area contributed by atoms with E-state index in [2.05, 4.69) is 43.4 Å². The van der Waals surface area contributed by atoms with Gasteiger partial charge in [0, 0.05) is 23.5 Å². The quantitative estimate of drug-likeness (QED) is 0.481. The Morgan fingerprint density at radius 2 is 1.90 bits per heavy atom. The summed E-state index contributed by atoms with van der Waals surface area (Å²) in [5.74, 6) is 0.325. The Kier molecular flexibility index (Phi) is 7.98. The number of carbonyl (C=O) groups is 1. The highest BCUT2D eigenvalue weighted by atomic mass is 35.5. The van der Waals surface area contributed by atoms with Crippen LogP contribution in [-0.4, -0.2) is 41.0 Å². The number of aliphatic hydroxyl groups is 1. The van der Waals surface area contributed by atoms with Gasteiger partial charge in [0.1, 0.15) is 18.5 Å². The molecular weight excluding hydrogens is 414 g/mol. The molecule has 2 aromatic carbocycles. The minimum atomic E-state index is -0.868. The Morgan fingerprint density at radius 3 is 2.55 bits per heavy atom. The summed E-state index contributed by atoms with van der Waals surface area (Å²) in [7, 11) is 0. The zero-order valence-electron chi connectivity index (χ0n) is 18.2. The van der Waals surface area contributed by atoms with Crippen LogP contribution in [0.1, 0.15) is 43.4 Å². The van der Waals surface area contributed by atoms with Gasteiger partial charge in [-0.2, -0.15) is 0 Å². The van der Waals surface area contributed by atoms with Gasteiger partial charge in [0.15, 0.2) is 0 Å². The maximum absolute atomic E-state index is 10.8. The van der Waals surface area contributed by atoms with E-state index >= 15 is 0 Å². The van der Waals surface area contributed by atoms with E-state index in [1.807, 2.05) is 0 Å². The van der Waals surface area contributed by atoms with Crippen molar-refractivity contribution in [1.29, 1.82) is 0 Å². The van der Waals surface area contributed by atoms with Crippen LogP contribution in [0.3, 0.4) is 0 Å². The van der Waals surface area contributed by atoms with E-state index < -0.39 is 12.1 Å². The molecule has 5 nitrogen and oxygen atoms in total. The number of nitrogens with one attached hydrogen (secondary N) is 1. The maximum atomic E-state index is 10.8. The first-order chi connectivity index (χ1) is 14.7. The first kappa shape index (κ1) is 23.6.